The average Bonchev–Trinajstić information content (AvgIpc) is 2.72. The summed E-state index contributed by atoms with van der Waals surface area (Å²) in [7, 11) is 0. The van der Waals surface area contributed by atoms with Crippen LogP contribution in [-0.2, 0) is 28.8 Å². The Hall–Kier alpha value is -1.28. The standard InChI is InChI=1S/C25H35NO2.W/c1-5-27-20-24(19-26-14-16-28-17-15-26)25(23-12-7-6-8-13-23)18-22(4)11-9-10-21(2)3;/h6-8,10,12-13,18-19,22H,5,9,11,14-17H2,1-4H3;/b24-19?,25-18+;/t22-;/m0./s1. The molecule has 0 aromatic heterocycles. The first-order valence-electron chi connectivity index (χ1n) is 10.6. The molecule has 1 saturated heterocycles. The third kappa shape index (κ3) is 8.54. The van der Waals surface area contributed by atoms with E-state index in [1.165, 1.54) is 41.6 Å². The van der Waals surface area contributed by atoms with Crippen molar-refractivity contribution in [1.29, 1.82) is 0 Å². The Kier molecular flexibility index (Phi) is 10.8. The molecule has 0 bridgehead atoms. The Labute approximate surface area is 187 Å². The molecule has 0 unspecified atom stereocenters. The van der Waals surface area contributed by atoms with Crippen LogP contribution < -0.4 is 0 Å². The minimum absolute atomic E-state index is 0.485. The van der Waals surface area contributed by atoms with E-state index in [-0.39, 0.29) is 0 Å². The summed E-state index contributed by atoms with van der Waals surface area (Å²) >= 11 is 1.36. The molecule has 1 aliphatic rings. The van der Waals surface area contributed by atoms with Crippen molar-refractivity contribution in [3.63, 3.8) is 0 Å². The number of nitrogens with zero attached hydrogens (tertiary/aromatic N) is 1. The van der Waals surface area contributed by atoms with Gasteiger partial charge in [-0.05, 0) is 0 Å². The number of hydrogen-bond donors (Lipinski definition) is 0. The Balaban J connectivity index is 2.40. The van der Waals surface area contributed by atoms with Gasteiger partial charge in [-0.15, -0.1) is 0 Å². The van der Waals surface area contributed by atoms with Gasteiger partial charge in [-0.2, -0.15) is 0 Å². The van der Waals surface area contributed by atoms with E-state index in [0.29, 0.717) is 12.5 Å². The van der Waals surface area contributed by atoms with Crippen molar-refractivity contribution in [2.24, 2.45) is 5.92 Å². The molecule has 29 heavy (non-hydrogen) atoms. The van der Waals surface area contributed by atoms with Crippen LogP contribution >= 0.6 is 0 Å². The molecular weight excluding hydrogens is 530 g/mol. The van der Waals surface area contributed by atoms with Crippen LogP contribution in [0.25, 0.3) is 5.57 Å². The van der Waals surface area contributed by atoms with Crippen LogP contribution in [0.15, 0.2) is 59.8 Å². The number of rotatable bonds is 10. The van der Waals surface area contributed by atoms with E-state index in [4.69, 9.17) is 9.47 Å². The van der Waals surface area contributed by atoms with Gasteiger partial charge < -0.3 is 0 Å². The van der Waals surface area contributed by atoms with Crippen LogP contribution in [0.5, 0.6) is 0 Å². The summed E-state index contributed by atoms with van der Waals surface area (Å²) in [5.41, 5.74) is 5.13. The second-order valence-electron chi connectivity index (χ2n) is 7.69. The molecular formula is C25H35NO2W. The van der Waals surface area contributed by atoms with Crippen molar-refractivity contribution < 1.29 is 28.8 Å². The molecule has 1 fully saturated rings. The van der Waals surface area contributed by atoms with E-state index in [9.17, 15) is 0 Å². The molecule has 0 amide bonds. The molecule has 1 aromatic carbocycles. The Morgan fingerprint density at radius 1 is 1.21 bits per heavy atom. The first kappa shape index (κ1) is 24.0. The fourth-order valence-electron chi connectivity index (χ4n) is 3.29. The van der Waals surface area contributed by atoms with Gasteiger partial charge in [0.1, 0.15) is 0 Å². The number of allylic oxidation sites excluding steroid dienone is 3. The second-order valence-corrected chi connectivity index (χ2v) is 9.03. The molecule has 1 atom stereocenters. The Morgan fingerprint density at radius 3 is 2.52 bits per heavy atom. The number of ether oxygens (including phenoxy) is 2. The van der Waals surface area contributed by atoms with Crippen LogP contribution in [0.1, 0.15) is 46.1 Å². The molecule has 0 spiro atoms. The Morgan fingerprint density at radius 2 is 1.90 bits per heavy atom. The van der Waals surface area contributed by atoms with Crippen LogP contribution in [0.3, 0.4) is 0 Å². The second kappa shape index (κ2) is 13.1. The van der Waals surface area contributed by atoms with Crippen molar-refractivity contribution in [3.05, 3.63) is 65.4 Å². The molecule has 0 saturated carbocycles. The van der Waals surface area contributed by atoms with Crippen molar-refractivity contribution in [2.45, 2.75) is 40.5 Å². The molecule has 1 aliphatic heterocycles. The van der Waals surface area contributed by atoms with Crippen molar-refractivity contribution in [3.8, 4) is 0 Å². The van der Waals surface area contributed by atoms with Gasteiger partial charge in [-0.25, -0.2) is 0 Å². The van der Waals surface area contributed by atoms with E-state index in [0.717, 1.165) is 43.2 Å². The van der Waals surface area contributed by atoms with Gasteiger partial charge in [0.05, 0.1) is 0 Å². The van der Waals surface area contributed by atoms with Gasteiger partial charge in [-0.1, -0.05) is 0 Å². The molecule has 0 radical (unpaired) electrons. The predicted molar refractivity (Wildman–Crippen MR) is 119 cm³/mol. The maximum absolute atomic E-state index is 6.02. The zero-order chi connectivity index (χ0) is 21.1. The average molecular weight is 565 g/mol. The van der Waals surface area contributed by atoms with Crippen LogP contribution in [0, 0.1) is 5.92 Å². The first-order valence-corrected chi connectivity index (χ1v) is 12.1. The molecule has 158 valence electrons. The SMILES string of the molecule is CCO[C](=[W])C(=CN1CCOCC1)/C(=C/[C@@H](C)CCC=C(C)C)c1ccccc1. The van der Waals surface area contributed by atoms with Gasteiger partial charge >= 0.3 is 188 Å². The summed E-state index contributed by atoms with van der Waals surface area (Å²) in [6.07, 6.45) is 9.32. The summed E-state index contributed by atoms with van der Waals surface area (Å²) in [4.78, 5) is 2.37. The van der Waals surface area contributed by atoms with Gasteiger partial charge in [0.2, 0.25) is 0 Å². The van der Waals surface area contributed by atoms with Crippen LogP contribution in [0.4, 0.5) is 0 Å². The summed E-state index contributed by atoms with van der Waals surface area (Å²) in [6, 6.07) is 10.7. The normalized spacial score (nSPS) is 16.5. The maximum atomic E-state index is 6.02. The van der Waals surface area contributed by atoms with Crippen molar-refractivity contribution in [1.82, 2.24) is 4.90 Å². The molecule has 0 aliphatic carbocycles. The third-order valence-corrected chi connectivity index (χ3v) is 6.07. The van der Waals surface area contributed by atoms with E-state index in [1.54, 1.807) is 0 Å². The molecule has 4 heteroatoms. The van der Waals surface area contributed by atoms with Crippen molar-refractivity contribution >= 4 is 9.66 Å². The van der Waals surface area contributed by atoms with E-state index >= 15 is 0 Å². The molecule has 1 heterocycles. The van der Waals surface area contributed by atoms with Crippen molar-refractivity contribution in [2.75, 3.05) is 32.9 Å². The first-order chi connectivity index (χ1) is 14.0. The summed E-state index contributed by atoms with van der Waals surface area (Å²) < 4.78 is 12.6. The van der Waals surface area contributed by atoms with Crippen LogP contribution in [0.2, 0.25) is 0 Å². The predicted octanol–water partition coefficient (Wildman–Crippen LogP) is 5.38. The minimum atomic E-state index is 0.485. The fourth-order valence-corrected chi connectivity index (χ4v) is 4.30. The van der Waals surface area contributed by atoms with Gasteiger partial charge in [0.25, 0.3) is 0 Å². The van der Waals surface area contributed by atoms with Gasteiger partial charge in [0.15, 0.2) is 0 Å². The Bertz CT molecular complexity index is 726. The summed E-state index contributed by atoms with van der Waals surface area (Å²) in [5, 5.41) is 0. The number of morpholine rings is 1. The number of benzene rings is 1. The molecule has 0 N–H and O–H groups in total. The van der Waals surface area contributed by atoms with Gasteiger partial charge in [-0.3, -0.25) is 0 Å². The zero-order valence-corrected chi connectivity index (χ0v) is 21.3. The number of hydrogen-bond acceptors (Lipinski definition) is 3. The van der Waals surface area contributed by atoms with E-state index < -0.39 is 0 Å². The summed E-state index contributed by atoms with van der Waals surface area (Å²) in [6.45, 7) is 12.8. The topological polar surface area (TPSA) is 21.7 Å². The van der Waals surface area contributed by atoms with E-state index in [1.807, 2.05) is 0 Å². The monoisotopic (exact) mass is 565 g/mol. The fraction of sp³-hybridized carbons (Fsp3) is 0.480. The summed E-state index contributed by atoms with van der Waals surface area (Å²) in [5.74, 6) is 0.485. The van der Waals surface area contributed by atoms with E-state index in [2.05, 4.69) is 81.3 Å². The molecule has 3 nitrogen and oxygen atoms in total. The molecule has 1 aromatic rings. The van der Waals surface area contributed by atoms with Gasteiger partial charge in [0, 0.05) is 0 Å². The quantitative estimate of drug-likeness (QED) is 0.281. The molecule has 2 rings (SSSR count). The third-order valence-electron chi connectivity index (χ3n) is 4.85. The van der Waals surface area contributed by atoms with Crippen LogP contribution in [-0.4, -0.2) is 41.9 Å². The zero-order valence-electron chi connectivity index (χ0n) is 18.3.